The second kappa shape index (κ2) is 5.74. The van der Waals surface area contributed by atoms with E-state index in [4.69, 9.17) is 23.2 Å². The third-order valence-corrected chi connectivity index (χ3v) is 7.44. The van der Waals surface area contributed by atoms with Gasteiger partial charge in [0.25, 0.3) is 0 Å². The molecular weight excluding hydrogens is 351 g/mol. The topological polar surface area (TPSA) is 20.2 Å². The standard InChI is InChI=1S/C22H22Cl2O/c23-18-3-1-15(2-4-18)20-12-19(24)5-6-21(20)22(25)16-8-13-7-14(10-16)11-17(22)9-13/h1-6,12-14,16-17,25H,7-11H2. The lowest BCUT2D eigenvalue weighted by Crippen LogP contribution is -2.55. The van der Waals surface area contributed by atoms with Crippen LogP contribution in [0, 0.1) is 23.7 Å². The number of hydrogen-bond donors (Lipinski definition) is 1. The van der Waals surface area contributed by atoms with Gasteiger partial charge in [-0.2, -0.15) is 0 Å². The van der Waals surface area contributed by atoms with Crippen LogP contribution >= 0.6 is 23.2 Å². The molecule has 2 aromatic rings. The molecule has 0 amide bonds. The Kier molecular flexibility index (Phi) is 3.71. The Hall–Kier alpha value is -1.02. The summed E-state index contributed by atoms with van der Waals surface area (Å²) in [5.41, 5.74) is 2.48. The van der Waals surface area contributed by atoms with Crippen molar-refractivity contribution in [3.63, 3.8) is 0 Å². The molecule has 0 aromatic heterocycles. The fourth-order valence-electron chi connectivity index (χ4n) is 6.08. The van der Waals surface area contributed by atoms with Gasteiger partial charge in [-0.1, -0.05) is 41.4 Å². The van der Waals surface area contributed by atoms with Crippen LogP contribution in [0.25, 0.3) is 11.1 Å². The Morgan fingerprint density at radius 2 is 1.32 bits per heavy atom. The van der Waals surface area contributed by atoms with Crippen molar-refractivity contribution in [2.45, 2.75) is 37.7 Å². The second-order valence-corrected chi connectivity index (χ2v) is 9.20. The van der Waals surface area contributed by atoms with E-state index in [2.05, 4.69) is 6.07 Å². The third kappa shape index (κ3) is 2.47. The average Bonchev–Trinajstić information content (AvgIpc) is 2.59. The first-order valence-corrected chi connectivity index (χ1v) is 10.1. The van der Waals surface area contributed by atoms with Gasteiger partial charge in [-0.25, -0.2) is 0 Å². The zero-order valence-electron chi connectivity index (χ0n) is 14.1. The van der Waals surface area contributed by atoms with Gasteiger partial charge in [-0.05, 0) is 96.7 Å². The summed E-state index contributed by atoms with van der Waals surface area (Å²) in [5, 5.41) is 13.4. The first-order valence-electron chi connectivity index (χ1n) is 9.32. The van der Waals surface area contributed by atoms with E-state index in [0.717, 1.165) is 33.5 Å². The molecule has 25 heavy (non-hydrogen) atoms. The van der Waals surface area contributed by atoms with Crippen LogP contribution < -0.4 is 0 Å². The highest BCUT2D eigenvalue weighted by Gasteiger charge is 2.57. The highest BCUT2D eigenvalue weighted by molar-refractivity contribution is 6.31. The minimum absolute atomic E-state index is 0.385. The number of rotatable bonds is 2. The van der Waals surface area contributed by atoms with Gasteiger partial charge in [0.05, 0.1) is 5.60 Å². The van der Waals surface area contributed by atoms with Crippen molar-refractivity contribution < 1.29 is 5.11 Å². The zero-order valence-corrected chi connectivity index (χ0v) is 15.6. The fraction of sp³-hybridized carbons (Fsp3) is 0.455. The molecule has 4 bridgehead atoms. The summed E-state index contributed by atoms with van der Waals surface area (Å²) in [6.07, 6.45) is 6.07. The first-order chi connectivity index (χ1) is 12.0. The minimum Gasteiger partial charge on any atom is -0.385 e. The molecule has 0 unspecified atom stereocenters. The summed E-state index contributed by atoms with van der Waals surface area (Å²) in [5.74, 6) is 2.43. The molecule has 130 valence electrons. The largest absolute Gasteiger partial charge is 0.385 e. The van der Waals surface area contributed by atoms with Gasteiger partial charge in [0.15, 0.2) is 0 Å². The van der Waals surface area contributed by atoms with Crippen LogP contribution in [0.2, 0.25) is 10.0 Å². The lowest BCUT2D eigenvalue weighted by Gasteiger charge is -2.59. The van der Waals surface area contributed by atoms with E-state index in [1.807, 2.05) is 36.4 Å². The van der Waals surface area contributed by atoms with Crippen LogP contribution in [-0.2, 0) is 5.60 Å². The molecule has 3 heteroatoms. The molecular formula is C22H22Cl2O. The summed E-state index contributed by atoms with van der Waals surface area (Å²) in [6, 6.07) is 13.9. The van der Waals surface area contributed by atoms with Crippen LogP contribution in [0.15, 0.2) is 42.5 Å². The SMILES string of the molecule is OC1(c2ccc(Cl)cc2-c2ccc(Cl)cc2)C2CC3CC(C2)CC1C3. The Morgan fingerprint density at radius 3 is 1.92 bits per heavy atom. The molecule has 4 aliphatic carbocycles. The third-order valence-electron chi connectivity index (χ3n) is 6.95. The van der Waals surface area contributed by atoms with Gasteiger partial charge < -0.3 is 5.11 Å². The van der Waals surface area contributed by atoms with Crippen molar-refractivity contribution >= 4 is 23.2 Å². The molecule has 4 saturated carbocycles. The molecule has 0 heterocycles. The van der Waals surface area contributed by atoms with Crippen LogP contribution in [0.4, 0.5) is 0 Å². The lowest BCUT2D eigenvalue weighted by atomic mass is 9.48. The molecule has 0 saturated heterocycles. The number of hydrogen-bond acceptors (Lipinski definition) is 1. The maximum atomic E-state index is 12.0. The molecule has 4 aliphatic rings. The molecule has 0 atom stereocenters. The summed E-state index contributed by atoms with van der Waals surface area (Å²) < 4.78 is 0. The van der Waals surface area contributed by atoms with Crippen molar-refractivity contribution in [3.8, 4) is 11.1 Å². The molecule has 0 aliphatic heterocycles. The van der Waals surface area contributed by atoms with Crippen LogP contribution in [0.3, 0.4) is 0 Å². The predicted molar refractivity (Wildman–Crippen MR) is 103 cm³/mol. The smallest absolute Gasteiger partial charge is 0.0958 e. The van der Waals surface area contributed by atoms with E-state index < -0.39 is 5.60 Å². The van der Waals surface area contributed by atoms with Crippen molar-refractivity contribution in [3.05, 3.63) is 58.1 Å². The number of halogens is 2. The van der Waals surface area contributed by atoms with Gasteiger partial charge in [0.2, 0.25) is 0 Å². The molecule has 1 nitrogen and oxygen atoms in total. The number of aliphatic hydroxyl groups is 1. The van der Waals surface area contributed by atoms with Gasteiger partial charge in [0.1, 0.15) is 0 Å². The first kappa shape index (κ1) is 16.2. The fourth-order valence-corrected chi connectivity index (χ4v) is 6.37. The van der Waals surface area contributed by atoms with Gasteiger partial charge in [-0.15, -0.1) is 0 Å². The van der Waals surface area contributed by atoms with Crippen molar-refractivity contribution in [1.29, 1.82) is 0 Å². The van der Waals surface area contributed by atoms with Crippen LogP contribution in [0.1, 0.15) is 37.7 Å². The molecule has 1 N–H and O–H groups in total. The maximum absolute atomic E-state index is 12.0. The quantitative estimate of drug-likeness (QED) is 0.655. The lowest BCUT2D eigenvalue weighted by molar-refractivity contribution is -0.179. The van der Waals surface area contributed by atoms with Gasteiger partial charge >= 0.3 is 0 Å². The molecule has 2 aromatic carbocycles. The van der Waals surface area contributed by atoms with E-state index >= 15 is 0 Å². The van der Waals surface area contributed by atoms with Gasteiger partial charge in [0, 0.05) is 10.0 Å². The monoisotopic (exact) mass is 372 g/mol. The summed E-state index contributed by atoms with van der Waals surface area (Å²) in [4.78, 5) is 0. The average molecular weight is 373 g/mol. The normalized spacial score (nSPS) is 36.0. The highest BCUT2D eigenvalue weighted by Crippen LogP contribution is 2.62. The van der Waals surface area contributed by atoms with Crippen LogP contribution in [-0.4, -0.2) is 5.11 Å². The Morgan fingerprint density at radius 1 is 0.760 bits per heavy atom. The van der Waals surface area contributed by atoms with E-state index in [0.29, 0.717) is 16.9 Å². The van der Waals surface area contributed by atoms with E-state index in [1.165, 1.54) is 32.1 Å². The number of benzene rings is 2. The molecule has 6 rings (SSSR count). The van der Waals surface area contributed by atoms with Crippen molar-refractivity contribution in [1.82, 2.24) is 0 Å². The minimum atomic E-state index is -0.715. The van der Waals surface area contributed by atoms with Gasteiger partial charge in [-0.3, -0.25) is 0 Å². The summed E-state index contributed by atoms with van der Waals surface area (Å²) in [6.45, 7) is 0. The van der Waals surface area contributed by atoms with Crippen LogP contribution in [0.5, 0.6) is 0 Å². The maximum Gasteiger partial charge on any atom is 0.0958 e. The summed E-state index contributed by atoms with van der Waals surface area (Å²) in [7, 11) is 0. The van der Waals surface area contributed by atoms with E-state index in [1.54, 1.807) is 0 Å². The predicted octanol–water partition coefficient (Wildman–Crippen LogP) is 6.30. The summed E-state index contributed by atoms with van der Waals surface area (Å²) >= 11 is 12.4. The van der Waals surface area contributed by atoms with Crippen molar-refractivity contribution in [2.75, 3.05) is 0 Å². The van der Waals surface area contributed by atoms with Crippen molar-refractivity contribution in [2.24, 2.45) is 23.7 Å². The van der Waals surface area contributed by atoms with E-state index in [-0.39, 0.29) is 0 Å². The highest BCUT2D eigenvalue weighted by atomic mass is 35.5. The Bertz CT molecular complexity index is 783. The molecule has 0 spiro atoms. The molecule has 0 radical (unpaired) electrons. The zero-order chi connectivity index (χ0) is 17.2. The Balaban J connectivity index is 1.66. The second-order valence-electron chi connectivity index (χ2n) is 8.33. The van der Waals surface area contributed by atoms with E-state index in [9.17, 15) is 5.11 Å². The molecule has 4 fully saturated rings. The Labute approximate surface area is 159 Å².